The standard InChI is InChI=1S/C17H20N2/c18-17-6-1-3-13(10-17)11-19-12-14-7-8-15-4-2-5-16(15)9-14/h1,3,6-10,19H,2,4-5,11-12,18H2. The van der Waals surface area contributed by atoms with Crippen LogP contribution in [0.2, 0.25) is 0 Å². The van der Waals surface area contributed by atoms with E-state index >= 15 is 0 Å². The average Bonchev–Trinajstić information content (AvgIpc) is 2.86. The van der Waals surface area contributed by atoms with Gasteiger partial charge in [0.2, 0.25) is 0 Å². The van der Waals surface area contributed by atoms with Crippen LogP contribution < -0.4 is 11.1 Å². The number of nitrogen functional groups attached to an aromatic ring is 1. The Hall–Kier alpha value is -1.80. The molecular formula is C17H20N2. The minimum atomic E-state index is 0.830. The van der Waals surface area contributed by atoms with Crippen molar-refractivity contribution in [3.63, 3.8) is 0 Å². The molecule has 0 amide bonds. The van der Waals surface area contributed by atoms with Crippen molar-refractivity contribution < 1.29 is 0 Å². The van der Waals surface area contributed by atoms with E-state index in [9.17, 15) is 0 Å². The predicted molar refractivity (Wildman–Crippen MR) is 79.9 cm³/mol. The van der Waals surface area contributed by atoms with Gasteiger partial charge in [-0.05, 0) is 53.6 Å². The third kappa shape index (κ3) is 2.96. The van der Waals surface area contributed by atoms with Gasteiger partial charge >= 0.3 is 0 Å². The third-order valence-electron chi connectivity index (χ3n) is 3.77. The Morgan fingerprint density at radius 1 is 0.895 bits per heavy atom. The Balaban J connectivity index is 1.58. The molecule has 2 nitrogen and oxygen atoms in total. The molecule has 0 saturated carbocycles. The Morgan fingerprint density at radius 2 is 1.68 bits per heavy atom. The van der Waals surface area contributed by atoms with Gasteiger partial charge in [-0.25, -0.2) is 0 Å². The van der Waals surface area contributed by atoms with Gasteiger partial charge in [0, 0.05) is 18.8 Å². The second kappa shape index (κ2) is 5.45. The maximum Gasteiger partial charge on any atom is 0.0317 e. The molecule has 2 heteroatoms. The quantitative estimate of drug-likeness (QED) is 0.821. The van der Waals surface area contributed by atoms with Crippen LogP contribution in [0.1, 0.15) is 28.7 Å². The largest absolute Gasteiger partial charge is 0.399 e. The lowest BCUT2D eigenvalue weighted by Gasteiger charge is -2.08. The van der Waals surface area contributed by atoms with Crippen LogP contribution in [0.3, 0.4) is 0 Å². The minimum Gasteiger partial charge on any atom is -0.399 e. The van der Waals surface area contributed by atoms with E-state index < -0.39 is 0 Å². The molecule has 19 heavy (non-hydrogen) atoms. The molecule has 0 unspecified atom stereocenters. The highest BCUT2D eigenvalue weighted by Crippen LogP contribution is 2.22. The number of hydrogen-bond acceptors (Lipinski definition) is 2. The van der Waals surface area contributed by atoms with Gasteiger partial charge in [-0.3, -0.25) is 0 Å². The summed E-state index contributed by atoms with van der Waals surface area (Å²) in [6.45, 7) is 1.78. The first-order valence-corrected chi connectivity index (χ1v) is 6.97. The SMILES string of the molecule is Nc1cccc(CNCc2ccc3c(c2)CCC3)c1. The van der Waals surface area contributed by atoms with Crippen molar-refractivity contribution in [2.24, 2.45) is 0 Å². The summed E-state index contributed by atoms with van der Waals surface area (Å²) in [5.74, 6) is 0. The molecule has 2 aromatic carbocycles. The summed E-state index contributed by atoms with van der Waals surface area (Å²) in [6.07, 6.45) is 3.82. The molecule has 0 heterocycles. The first kappa shape index (κ1) is 12.2. The Kier molecular flexibility index (Phi) is 3.51. The van der Waals surface area contributed by atoms with Crippen molar-refractivity contribution in [3.8, 4) is 0 Å². The highest BCUT2D eigenvalue weighted by molar-refractivity contribution is 5.40. The van der Waals surface area contributed by atoms with E-state index in [4.69, 9.17) is 5.73 Å². The minimum absolute atomic E-state index is 0.830. The van der Waals surface area contributed by atoms with E-state index in [0.717, 1.165) is 18.8 Å². The van der Waals surface area contributed by atoms with E-state index in [0.29, 0.717) is 0 Å². The second-order valence-electron chi connectivity index (χ2n) is 5.31. The normalized spacial score (nSPS) is 13.5. The smallest absolute Gasteiger partial charge is 0.0317 e. The zero-order chi connectivity index (χ0) is 13.1. The number of aryl methyl sites for hydroxylation is 2. The zero-order valence-corrected chi connectivity index (χ0v) is 11.2. The first-order chi connectivity index (χ1) is 9.31. The van der Waals surface area contributed by atoms with Crippen LogP contribution in [-0.4, -0.2) is 0 Å². The van der Waals surface area contributed by atoms with Crippen LogP contribution in [0.5, 0.6) is 0 Å². The fourth-order valence-corrected chi connectivity index (χ4v) is 2.79. The first-order valence-electron chi connectivity index (χ1n) is 6.97. The summed E-state index contributed by atoms with van der Waals surface area (Å²) in [4.78, 5) is 0. The Bertz CT molecular complexity index is 575. The fourth-order valence-electron chi connectivity index (χ4n) is 2.79. The molecule has 0 spiro atoms. The van der Waals surface area contributed by atoms with Crippen molar-refractivity contribution in [1.82, 2.24) is 5.32 Å². The lowest BCUT2D eigenvalue weighted by atomic mass is 10.1. The molecule has 0 atom stereocenters. The highest BCUT2D eigenvalue weighted by Gasteiger charge is 2.10. The van der Waals surface area contributed by atoms with Gasteiger partial charge in [0.15, 0.2) is 0 Å². The third-order valence-corrected chi connectivity index (χ3v) is 3.77. The van der Waals surface area contributed by atoms with Crippen molar-refractivity contribution in [1.29, 1.82) is 0 Å². The average molecular weight is 252 g/mol. The molecule has 1 aliphatic rings. The van der Waals surface area contributed by atoms with Crippen molar-refractivity contribution in [3.05, 3.63) is 64.7 Å². The monoisotopic (exact) mass is 252 g/mol. The summed E-state index contributed by atoms with van der Waals surface area (Å²) in [5, 5.41) is 3.48. The van der Waals surface area contributed by atoms with Gasteiger partial charge in [0.05, 0.1) is 0 Å². The maximum atomic E-state index is 5.78. The molecule has 0 fully saturated rings. The summed E-state index contributed by atoms with van der Waals surface area (Å²) in [7, 11) is 0. The van der Waals surface area contributed by atoms with Gasteiger partial charge in [-0.15, -0.1) is 0 Å². The van der Waals surface area contributed by atoms with Crippen LogP contribution in [-0.2, 0) is 25.9 Å². The number of benzene rings is 2. The molecule has 0 saturated heterocycles. The van der Waals surface area contributed by atoms with Crippen molar-refractivity contribution in [2.75, 3.05) is 5.73 Å². The summed E-state index contributed by atoms with van der Waals surface area (Å²) < 4.78 is 0. The van der Waals surface area contributed by atoms with Crippen molar-refractivity contribution in [2.45, 2.75) is 32.4 Å². The Labute approximate surface area is 114 Å². The summed E-state index contributed by atoms with van der Waals surface area (Å²) in [5.41, 5.74) is 12.3. The molecule has 0 aliphatic heterocycles. The van der Waals surface area contributed by atoms with Gasteiger partial charge in [-0.2, -0.15) is 0 Å². The Morgan fingerprint density at radius 3 is 2.53 bits per heavy atom. The van der Waals surface area contributed by atoms with Gasteiger partial charge in [-0.1, -0.05) is 30.3 Å². The maximum absolute atomic E-state index is 5.78. The van der Waals surface area contributed by atoms with Gasteiger partial charge < -0.3 is 11.1 Å². The number of nitrogens with two attached hydrogens (primary N) is 1. The molecular weight excluding hydrogens is 232 g/mol. The molecule has 3 rings (SSSR count). The van der Waals surface area contributed by atoms with Crippen LogP contribution in [0.25, 0.3) is 0 Å². The highest BCUT2D eigenvalue weighted by atomic mass is 14.8. The molecule has 0 aromatic heterocycles. The van der Waals surface area contributed by atoms with E-state index in [-0.39, 0.29) is 0 Å². The van der Waals surface area contributed by atoms with Gasteiger partial charge in [0.25, 0.3) is 0 Å². The van der Waals surface area contributed by atoms with Gasteiger partial charge in [0.1, 0.15) is 0 Å². The summed E-state index contributed by atoms with van der Waals surface area (Å²) in [6, 6.07) is 14.9. The number of fused-ring (bicyclic) bond motifs is 1. The molecule has 2 aromatic rings. The van der Waals surface area contributed by atoms with E-state index in [1.165, 1.54) is 30.4 Å². The van der Waals surface area contributed by atoms with Crippen molar-refractivity contribution >= 4 is 5.69 Å². The summed E-state index contributed by atoms with van der Waals surface area (Å²) >= 11 is 0. The lowest BCUT2D eigenvalue weighted by Crippen LogP contribution is -2.13. The number of anilines is 1. The van der Waals surface area contributed by atoms with Crippen LogP contribution >= 0.6 is 0 Å². The second-order valence-corrected chi connectivity index (χ2v) is 5.31. The lowest BCUT2D eigenvalue weighted by molar-refractivity contribution is 0.693. The number of hydrogen-bond donors (Lipinski definition) is 2. The van der Waals surface area contributed by atoms with E-state index in [2.05, 4.69) is 29.6 Å². The van der Waals surface area contributed by atoms with Crippen LogP contribution in [0, 0.1) is 0 Å². The molecule has 0 radical (unpaired) electrons. The predicted octanol–water partition coefficient (Wildman–Crippen LogP) is 3.05. The topological polar surface area (TPSA) is 38.0 Å². The number of rotatable bonds is 4. The number of nitrogens with one attached hydrogen (secondary N) is 1. The molecule has 1 aliphatic carbocycles. The molecule has 98 valence electrons. The zero-order valence-electron chi connectivity index (χ0n) is 11.2. The fraction of sp³-hybridized carbons (Fsp3) is 0.294. The molecule has 3 N–H and O–H groups in total. The van der Waals surface area contributed by atoms with E-state index in [1.807, 2.05) is 18.2 Å². The van der Waals surface area contributed by atoms with Crippen LogP contribution in [0.15, 0.2) is 42.5 Å². The van der Waals surface area contributed by atoms with E-state index in [1.54, 1.807) is 11.1 Å². The molecule has 0 bridgehead atoms. The van der Waals surface area contributed by atoms with Crippen LogP contribution in [0.4, 0.5) is 5.69 Å².